The van der Waals surface area contributed by atoms with E-state index in [1.165, 1.54) is 32.1 Å². The number of hydrogen-bond acceptors (Lipinski definition) is 6. The van der Waals surface area contributed by atoms with Crippen LogP contribution < -0.4 is 0 Å². The molecule has 428 valence electrons. The Morgan fingerprint density at radius 2 is 0.494 bits per heavy atom. The molecular weight excluding hydrogens is 949 g/mol. The molecule has 0 spiro atoms. The Hall–Kier alpha value is -5.49. The summed E-state index contributed by atoms with van der Waals surface area (Å²) in [6.45, 7) is 6.17. The monoisotopic (exact) mass is 1060 g/mol. The van der Waals surface area contributed by atoms with Gasteiger partial charge in [-0.25, -0.2) is 0 Å². The van der Waals surface area contributed by atoms with Crippen molar-refractivity contribution in [3.63, 3.8) is 0 Å². The molecule has 0 radical (unpaired) electrons. The summed E-state index contributed by atoms with van der Waals surface area (Å²) in [6.07, 6.45) is 94.9. The number of allylic oxidation sites excluding steroid dienone is 30. The summed E-state index contributed by atoms with van der Waals surface area (Å²) in [4.78, 5) is 38.1. The molecule has 0 rings (SSSR count). The van der Waals surface area contributed by atoms with Gasteiger partial charge in [-0.1, -0.05) is 248 Å². The lowest BCUT2D eigenvalue weighted by atomic mass is 10.1. The van der Waals surface area contributed by atoms with Gasteiger partial charge in [0.1, 0.15) is 13.2 Å². The van der Waals surface area contributed by atoms with Gasteiger partial charge in [0, 0.05) is 19.3 Å². The van der Waals surface area contributed by atoms with E-state index in [0.29, 0.717) is 19.3 Å². The summed E-state index contributed by atoms with van der Waals surface area (Å²) in [5, 5.41) is 0. The fraction of sp³-hybridized carbons (Fsp3) is 0.535. The van der Waals surface area contributed by atoms with Crippen LogP contribution in [0, 0.1) is 0 Å². The Bertz CT molecular complexity index is 1840. The maximum absolute atomic E-state index is 12.8. The van der Waals surface area contributed by atoms with Crippen molar-refractivity contribution in [2.24, 2.45) is 0 Å². The quantitative estimate of drug-likeness (QED) is 0.0261. The minimum atomic E-state index is -0.841. The lowest BCUT2D eigenvalue weighted by Crippen LogP contribution is -2.30. The molecule has 0 aromatic heterocycles. The van der Waals surface area contributed by atoms with E-state index in [1.807, 2.05) is 12.2 Å². The van der Waals surface area contributed by atoms with Gasteiger partial charge < -0.3 is 14.2 Å². The molecule has 0 aliphatic rings. The van der Waals surface area contributed by atoms with Crippen LogP contribution in [0.1, 0.15) is 226 Å². The van der Waals surface area contributed by atoms with Crippen LogP contribution >= 0.6 is 0 Å². The van der Waals surface area contributed by atoms with E-state index in [1.54, 1.807) is 0 Å². The second kappa shape index (κ2) is 63.0. The van der Waals surface area contributed by atoms with Gasteiger partial charge >= 0.3 is 17.9 Å². The summed E-state index contributed by atoms with van der Waals surface area (Å²) in [7, 11) is 0. The van der Waals surface area contributed by atoms with Gasteiger partial charge in [-0.3, -0.25) is 14.4 Å². The van der Waals surface area contributed by atoms with Crippen molar-refractivity contribution in [2.45, 2.75) is 232 Å². The van der Waals surface area contributed by atoms with Crippen molar-refractivity contribution in [2.75, 3.05) is 13.2 Å². The Balaban J connectivity index is 4.33. The van der Waals surface area contributed by atoms with Crippen LogP contribution in [0.25, 0.3) is 0 Å². The first-order chi connectivity index (χ1) is 38.0. The molecule has 0 fully saturated rings. The molecule has 1 unspecified atom stereocenters. The highest BCUT2D eigenvalue weighted by Gasteiger charge is 2.19. The van der Waals surface area contributed by atoms with Gasteiger partial charge in [0.25, 0.3) is 0 Å². The van der Waals surface area contributed by atoms with Crippen LogP contribution in [0.2, 0.25) is 0 Å². The summed E-state index contributed by atoms with van der Waals surface area (Å²) in [5.41, 5.74) is 0. The first kappa shape index (κ1) is 71.5. The minimum absolute atomic E-state index is 0.129. The molecule has 6 heteroatoms. The molecule has 0 saturated heterocycles. The molecule has 0 N–H and O–H groups in total. The number of carbonyl (C=O) groups is 3. The second-order valence-corrected chi connectivity index (χ2v) is 19.1. The Morgan fingerprint density at radius 1 is 0.260 bits per heavy atom. The minimum Gasteiger partial charge on any atom is -0.462 e. The molecule has 0 aliphatic heterocycles. The Morgan fingerprint density at radius 3 is 0.792 bits per heavy atom. The largest absolute Gasteiger partial charge is 0.462 e. The third-order valence-electron chi connectivity index (χ3n) is 11.9. The third-order valence-corrected chi connectivity index (χ3v) is 11.9. The zero-order valence-electron chi connectivity index (χ0n) is 48.9. The van der Waals surface area contributed by atoms with Gasteiger partial charge in [0.2, 0.25) is 0 Å². The molecule has 77 heavy (non-hydrogen) atoms. The van der Waals surface area contributed by atoms with E-state index < -0.39 is 12.1 Å². The highest BCUT2D eigenvalue weighted by atomic mass is 16.6. The van der Waals surface area contributed by atoms with E-state index in [0.717, 1.165) is 148 Å². The molecule has 0 amide bonds. The summed E-state index contributed by atoms with van der Waals surface area (Å²) < 4.78 is 16.7. The van der Waals surface area contributed by atoms with E-state index in [9.17, 15) is 14.4 Å². The van der Waals surface area contributed by atoms with Crippen molar-refractivity contribution < 1.29 is 28.6 Å². The van der Waals surface area contributed by atoms with Crippen molar-refractivity contribution in [3.05, 3.63) is 182 Å². The van der Waals surface area contributed by atoms with Crippen LogP contribution in [0.5, 0.6) is 0 Å². The zero-order valence-corrected chi connectivity index (χ0v) is 48.9. The van der Waals surface area contributed by atoms with Gasteiger partial charge in [-0.05, 0) is 141 Å². The Labute approximate surface area is 472 Å². The van der Waals surface area contributed by atoms with Crippen LogP contribution in [-0.2, 0) is 28.6 Å². The topological polar surface area (TPSA) is 78.9 Å². The summed E-state index contributed by atoms with van der Waals surface area (Å²) in [5.74, 6) is -1.06. The average molecular weight is 1060 g/mol. The van der Waals surface area contributed by atoms with E-state index >= 15 is 0 Å². The first-order valence-electron chi connectivity index (χ1n) is 30.3. The molecular formula is C71H108O6. The summed E-state index contributed by atoms with van der Waals surface area (Å²) in [6, 6.07) is 0. The molecule has 6 nitrogen and oxygen atoms in total. The van der Waals surface area contributed by atoms with E-state index in [-0.39, 0.29) is 31.6 Å². The third kappa shape index (κ3) is 61.2. The lowest BCUT2D eigenvalue weighted by Gasteiger charge is -2.18. The van der Waals surface area contributed by atoms with Crippen molar-refractivity contribution >= 4 is 17.9 Å². The highest BCUT2D eigenvalue weighted by Crippen LogP contribution is 2.13. The number of carbonyl (C=O) groups excluding carboxylic acids is 3. The highest BCUT2D eigenvalue weighted by molar-refractivity contribution is 5.71. The van der Waals surface area contributed by atoms with Gasteiger partial charge in [-0.15, -0.1) is 0 Å². The zero-order chi connectivity index (χ0) is 55.7. The van der Waals surface area contributed by atoms with Gasteiger partial charge in [-0.2, -0.15) is 0 Å². The van der Waals surface area contributed by atoms with Crippen molar-refractivity contribution in [3.8, 4) is 0 Å². The maximum Gasteiger partial charge on any atom is 0.306 e. The van der Waals surface area contributed by atoms with Crippen molar-refractivity contribution in [1.82, 2.24) is 0 Å². The second-order valence-electron chi connectivity index (χ2n) is 19.1. The van der Waals surface area contributed by atoms with E-state index in [2.05, 4.69) is 191 Å². The number of unbranched alkanes of at least 4 members (excludes halogenated alkanes) is 11. The predicted octanol–water partition coefficient (Wildman–Crippen LogP) is 20.9. The molecule has 0 heterocycles. The molecule has 0 bridgehead atoms. The predicted molar refractivity (Wildman–Crippen MR) is 334 cm³/mol. The fourth-order valence-corrected chi connectivity index (χ4v) is 7.48. The van der Waals surface area contributed by atoms with Crippen LogP contribution in [0.3, 0.4) is 0 Å². The number of rotatable bonds is 52. The molecule has 0 aromatic rings. The summed E-state index contributed by atoms with van der Waals surface area (Å²) >= 11 is 0. The van der Waals surface area contributed by atoms with Gasteiger partial charge in [0.15, 0.2) is 6.10 Å². The van der Waals surface area contributed by atoms with Gasteiger partial charge in [0.05, 0.1) is 0 Å². The number of ether oxygens (including phenoxy) is 3. The smallest absolute Gasteiger partial charge is 0.306 e. The average Bonchev–Trinajstić information content (AvgIpc) is 3.43. The fourth-order valence-electron chi connectivity index (χ4n) is 7.48. The van der Waals surface area contributed by atoms with Crippen LogP contribution in [0.15, 0.2) is 182 Å². The van der Waals surface area contributed by atoms with Crippen LogP contribution in [0.4, 0.5) is 0 Å². The first-order valence-corrected chi connectivity index (χ1v) is 30.3. The number of esters is 3. The van der Waals surface area contributed by atoms with Crippen LogP contribution in [-0.4, -0.2) is 37.2 Å². The SMILES string of the molecule is CC/C=C\C/C=C\C/C=C\C/C=C\C/C=C\C/C=C\C/C=C\C/C=C\CCCCCCCCCCC(=O)OCC(COC(=O)CCCCC/C=C\C/C=C\C/C=C\CC)OC(=O)CC/C=C\C/C=C\C/C=C\C/C=C\CC. The molecule has 0 aliphatic carbocycles. The van der Waals surface area contributed by atoms with Crippen molar-refractivity contribution in [1.29, 1.82) is 0 Å². The van der Waals surface area contributed by atoms with E-state index in [4.69, 9.17) is 14.2 Å². The lowest BCUT2D eigenvalue weighted by molar-refractivity contribution is -0.166. The number of hydrogen-bond donors (Lipinski definition) is 0. The molecule has 0 aromatic carbocycles. The Kier molecular flexibility index (Phi) is 58.6. The molecule has 0 saturated carbocycles. The maximum atomic E-state index is 12.8. The molecule has 1 atom stereocenters. The standard InChI is InChI=1S/C71H108O6/c1-4-7-10-13-16-19-22-25-26-27-28-29-30-31-32-33-34-35-36-37-38-39-40-41-42-43-44-47-49-52-55-58-61-64-70(73)76-67-68(77-71(74)65-62-59-56-53-50-46-24-21-18-15-12-9-6-3)66-75-69(72)63-60-57-54-51-48-45-23-20-17-14-11-8-5-2/h7-12,16-21,25-26,28-29,31-32,34-35,37-38,40-41,45-46,48,50,56,59,68H,4-6,13-15,22-24,27,30,33,36,39,42-44,47,49,51-55,57-58,60-67H2,1-3H3/b10-7-,11-8-,12-9-,19-16-,20-17-,21-18-,26-25-,29-28-,32-31-,35-34-,38-37-,41-40-,48-45-,50-46-,59-56-. The normalized spacial score (nSPS) is 13.4.